The second kappa shape index (κ2) is 7.53. The number of rotatable bonds is 5. The van der Waals surface area contributed by atoms with E-state index in [1.165, 1.54) is 10.9 Å². The van der Waals surface area contributed by atoms with Gasteiger partial charge in [0.05, 0.1) is 12.0 Å². The SMILES string of the molecule is Nn1c(SCC(=O)NNC(=O)c2ccccc2)nnc1-c1ccco1. The molecular formula is C15H14N6O3S. The molecule has 0 aliphatic heterocycles. The minimum atomic E-state index is -0.406. The Labute approximate surface area is 146 Å². The van der Waals surface area contributed by atoms with Gasteiger partial charge in [-0.3, -0.25) is 20.4 Å². The first-order valence-electron chi connectivity index (χ1n) is 7.16. The third kappa shape index (κ3) is 3.98. The molecule has 0 aliphatic rings. The van der Waals surface area contributed by atoms with E-state index in [1.807, 2.05) is 0 Å². The number of hydrogen-bond acceptors (Lipinski definition) is 7. The van der Waals surface area contributed by atoms with Crippen molar-refractivity contribution >= 4 is 23.6 Å². The Morgan fingerprint density at radius 3 is 2.64 bits per heavy atom. The number of amides is 2. The molecule has 2 heterocycles. The van der Waals surface area contributed by atoms with Gasteiger partial charge in [0.1, 0.15) is 0 Å². The van der Waals surface area contributed by atoms with E-state index in [-0.39, 0.29) is 5.75 Å². The first-order valence-corrected chi connectivity index (χ1v) is 8.15. The summed E-state index contributed by atoms with van der Waals surface area (Å²) in [6.07, 6.45) is 1.50. The molecule has 0 saturated heterocycles. The molecule has 9 nitrogen and oxygen atoms in total. The molecule has 4 N–H and O–H groups in total. The Morgan fingerprint density at radius 2 is 1.92 bits per heavy atom. The van der Waals surface area contributed by atoms with E-state index in [0.717, 1.165) is 11.8 Å². The first-order chi connectivity index (χ1) is 12.1. The maximum absolute atomic E-state index is 11.8. The smallest absolute Gasteiger partial charge is 0.269 e. The molecule has 0 radical (unpaired) electrons. The van der Waals surface area contributed by atoms with Crippen molar-refractivity contribution in [3.8, 4) is 11.6 Å². The number of carbonyl (C=O) groups excluding carboxylic acids is 2. The zero-order valence-corrected chi connectivity index (χ0v) is 13.7. The summed E-state index contributed by atoms with van der Waals surface area (Å²) < 4.78 is 6.44. The third-order valence-corrected chi connectivity index (χ3v) is 4.03. The number of nitrogens with two attached hydrogens (primary N) is 1. The fourth-order valence-electron chi connectivity index (χ4n) is 1.90. The highest BCUT2D eigenvalue weighted by Crippen LogP contribution is 2.21. The zero-order valence-electron chi connectivity index (χ0n) is 12.9. The largest absolute Gasteiger partial charge is 0.461 e. The minimum absolute atomic E-state index is 0.00254. The lowest BCUT2D eigenvalue weighted by molar-refractivity contribution is -0.119. The number of aromatic nitrogens is 3. The van der Waals surface area contributed by atoms with Gasteiger partial charge in [0.25, 0.3) is 5.91 Å². The van der Waals surface area contributed by atoms with Gasteiger partial charge in [-0.15, -0.1) is 10.2 Å². The number of benzene rings is 1. The first kappa shape index (κ1) is 16.6. The van der Waals surface area contributed by atoms with Crippen molar-refractivity contribution < 1.29 is 14.0 Å². The van der Waals surface area contributed by atoms with Crippen LogP contribution >= 0.6 is 11.8 Å². The van der Waals surface area contributed by atoms with Crippen molar-refractivity contribution in [3.05, 3.63) is 54.3 Å². The van der Waals surface area contributed by atoms with E-state index in [4.69, 9.17) is 10.3 Å². The van der Waals surface area contributed by atoms with Crippen LogP contribution in [-0.2, 0) is 4.79 Å². The zero-order chi connectivity index (χ0) is 17.6. The quantitative estimate of drug-likeness (QED) is 0.350. The maximum atomic E-state index is 11.8. The molecule has 2 amide bonds. The average molecular weight is 358 g/mol. The summed E-state index contributed by atoms with van der Waals surface area (Å²) in [5.74, 6) is 5.91. The second-order valence-electron chi connectivity index (χ2n) is 4.81. The summed E-state index contributed by atoms with van der Waals surface area (Å²) in [5, 5.41) is 8.18. The van der Waals surface area contributed by atoms with E-state index in [1.54, 1.807) is 42.5 Å². The van der Waals surface area contributed by atoms with Crippen LogP contribution < -0.4 is 16.7 Å². The molecule has 0 unspecified atom stereocenters. The fraction of sp³-hybridized carbons (Fsp3) is 0.0667. The molecular weight excluding hydrogens is 344 g/mol. The van der Waals surface area contributed by atoms with Gasteiger partial charge in [-0.05, 0) is 24.3 Å². The van der Waals surface area contributed by atoms with Crippen molar-refractivity contribution in [2.45, 2.75) is 5.16 Å². The van der Waals surface area contributed by atoms with Crippen molar-refractivity contribution in [2.75, 3.05) is 11.6 Å². The van der Waals surface area contributed by atoms with Gasteiger partial charge in [-0.2, -0.15) is 0 Å². The summed E-state index contributed by atoms with van der Waals surface area (Å²) in [6.45, 7) is 0. The molecule has 3 rings (SSSR count). The number of thioether (sulfide) groups is 1. The third-order valence-electron chi connectivity index (χ3n) is 3.09. The molecule has 25 heavy (non-hydrogen) atoms. The van der Waals surface area contributed by atoms with E-state index in [9.17, 15) is 9.59 Å². The Hall–Kier alpha value is -3.27. The summed E-state index contributed by atoms with van der Waals surface area (Å²) in [4.78, 5) is 23.7. The normalized spacial score (nSPS) is 10.4. The van der Waals surface area contributed by atoms with Crippen LogP contribution in [0.15, 0.2) is 58.3 Å². The standard InChI is InChI=1S/C15H14N6O3S/c16-21-13(11-7-4-8-24-11)18-20-15(21)25-9-12(22)17-19-14(23)10-5-2-1-3-6-10/h1-8H,9,16H2,(H,17,22)(H,19,23). The Kier molecular flexibility index (Phi) is 5.00. The highest BCUT2D eigenvalue weighted by molar-refractivity contribution is 7.99. The highest BCUT2D eigenvalue weighted by atomic mass is 32.2. The van der Waals surface area contributed by atoms with Crippen LogP contribution in [0.25, 0.3) is 11.6 Å². The molecule has 10 heteroatoms. The fourth-order valence-corrected chi connectivity index (χ4v) is 2.56. The van der Waals surface area contributed by atoms with Gasteiger partial charge in [0.15, 0.2) is 5.76 Å². The van der Waals surface area contributed by atoms with Crippen molar-refractivity contribution in [1.82, 2.24) is 25.7 Å². The van der Waals surface area contributed by atoms with Crippen LogP contribution in [0.4, 0.5) is 0 Å². The summed E-state index contributed by atoms with van der Waals surface area (Å²) in [6, 6.07) is 12.0. The number of nitrogen functional groups attached to an aromatic ring is 1. The van der Waals surface area contributed by atoms with Crippen LogP contribution in [0, 0.1) is 0 Å². The summed E-state index contributed by atoms with van der Waals surface area (Å²) >= 11 is 1.08. The lowest BCUT2D eigenvalue weighted by Crippen LogP contribution is -2.42. The van der Waals surface area contributed by atoms with Crippen LogP contribution in [0.5, 0.6) is 0 Å². The van der Waals surface area contributed by atoms with Gasteiger partial charge >= 0.3 is 0 Å². The molecule has 128 valence electrons. The van der Waals surface area contributed by atoms with Crippen LogP contribution in [0.3, 0.4) is 0 Å². The number of carbonyl (C=O) groups is 2. The Balaban J connectivity index is 1.50. The topological polar surface area (TPSA) is 128 Å². The molecule has 0 spiro atoms. The minimum Gasteiger partial charge on any atom is -0.461 e. The van der Waals surface area contributed by atoms with E-state index >= 15 is 0 Å². The molecule has 2 aromatic heterocycles. The molecule has 1 aromatic carbocycles. The van der Waals surface area contributed by atoms with Gasteiger partial charge in [0, 0.05) is 5.56 Å². The molecule has 0 fully saturated rings. The number of nitrogens with zero attached hydrogens (tertiary/aromatic N) is 3. The maximum Gasteiger partial charge on any atom is 0.269 e. The van der Waals surface area contributed by atoms with E-state index in [0.29, 0.717) is 22.3 Å². The van der Waals surface area contributed by atoms with Gasteiger partial charge in [-0.25, -0.2) is 4.68 Å². The number of furan rings is 1. The summed E-state index contributed by atoms with van der Waals surface area (Å²) in [7, 11) is 0. The van der Waals surface area contributed by atoms with Gasteiger partial charge < -0.3 is 10.3 Å². The van der Waals surface area contributed by atoms with E-state index < -0.39 is 11.8 Å². The molecule has 0 aliphatic carbocycles. The Bertz CT molecular complexity index is 863. The average Bonchev–Trinajstić information content (AvgIpc) is 3.28. The molecule has 0 atom stereocenters. The van der Waals surface area contributed by atoms with Crippen LogP contribution in [0.2, 0.25) is 0 Å². The number of hydrogen-bond donors (Lipinski definition) is 3. The predicted molar refractivity (Wildman–Crippen MR) is 90.6 cm³/mol. The summed E-state index contributed by atoms with van der Waals surface area (Å²) in [5.41, 5.74) is 5.11. The number of nitrogens with one attached hydrogen (secondary N) is 2. The lowest BCUT2D eigenvalue weighted by Gasteiger charge is -2.07. The highest BCUT2D eigenvalue weighted by Gasteiger charge is 2.15. The second-order valence-corrected chi connectivity index (χ2v) is 5.75. The van der Waals surface area contributed by atoms with Crippen LogP contribution in [-0.4, -0.2) is 32.4 Å². The van der Waals surface area contributed by atoms with Crippen molar-refractivity contribution in [1.29, 1.82) is 0 Å². The van der Waals surface area contributed by atoms with Gasteiger partial charge in [-0.1, -0.05) is 30.0 Å². The van der Waals surface area contributed by atoms with Gasteiger partial charge in [0.2, 0.25) is 16.9 Å². The van der Waals surface area contributed by atoms with Crippen molar-refractivity contribution in [3.63, 3.8) is 0 Å². The number of hydrazine groups is 1. The van der Waals surface area contributed by atoms with E-state index in [2.05, 4.69) is 21.0 Å². The lowest BCUT2D eigenvalue weighted by atomic mass is 10.2. The van der Waals surface area contributed by atoms with Crippen molar-refractivity contribution in [2.24, 2.45) is 0 Å². The molecule has 3 aromatic rings. The monoisotopic (exact) mass is 358 g/mol. The molecule has 0 bridgehead atoms. The van der Waals surface area contributed by atoms with Crippen LogP contribution in [0.1, 0.15) is 10.4 Å². The predicted octanol–water partition coefficient (Wildman–Crippen LogP) is 0.805. The Morgan fingerprint density at radius 1 is 1.12 bits per heavy atom. The molecule has 0 saturated carbocycles.